The van der Waals surface area contributed by atoms with E-state index >= 15 is 4.39 Å². The molecule has 2 aliphatic heterocycles. The van der Waals surface area contributed by atoms with Gasteiger partial charge in [0.1, 0.15) is 11.9 Å². The smallest absolute Gasteiger partial charge is 0.414 e. The molecule has 1 atom stereocenters. The Hall–Kier alpha value is -4.16. The number of carbonyl (C=O) groups excluding carboxylic acids is 4. The van der Waals surface area contributed by atoms with Crippen molar-refractivity contribution < 1.29 is 32.8 Å². The largest absolute Gasteiger partial charge is 0.442 e. The zero-order valence-corrected chi connectivity index (χ0v) is 20.2. The van der Waals surface area contributed by atoms with E-state index < -0.39 is 23.9 Å². The molecule has 0 radical (unpaired) electrons. The second-order valence-electron chi connectivity index (χ2n) is 8.74. The summed E-state index contributed by atoms with van der Waals surface area (Å²) in [6.45, 7) is 3.15. The number of halogens is 1. The summed E-state index contributed by atoms with van der Waals surface area (Å²) in [7, 11) is 3.15. The average molecular weight is 503 g/mol. The molecule has 36 heavy (non-hydrogen) atoms. The van der Waals surface area contributed by atoms with Crippen molar-refractivity contribution in [1.29, 1.82) is 0 Å². The van der Waals surface area contributed by atoms with Crippen LogP contribution in [0, 0.1) is 5.82 Å². The Morgan fingerprint density at radius 1 is 1.17 bits per heavy atom. The first kappa shape index (κ1) is 24.9. The van der Waals surface area contributed by atoms with Crippen molar-refractivity contribution in [3.05, 3.63) is 41.5 Å². The van der Waals surface area contributed by atoms with E-state index in [-0.39, 0.29) is 36.4 Å². The lowest BCUT2D eigenvalue weighted by Crippen LogP contribution is -2.49. The summed E-state index contributed by atoms with van der Waals surface area (Å²) in [5.41, 5.74) is 0.757. The Bertz CT molecular complexity index is 1180. The second-order valence-corrected chi connectivity index (χ2v) is 8.74. The van der Waals surface area contributed by atoms with Crippen molar-refractivity contribution in [2.75, 3.05) is 63.2 Å². The van der Waals surface area contributed by atoms with Gasteiger partial charge in [-0.15, -0.1) is 0 Å². The van der Waals surface area contributed by atoms with Crippen LogP contribution in [0.1, 0.15) is 28.0 Å². The van der Waals surface area contributed by atoms with Crippen molar-refractivity contribution in [1.82, 2.24) is 20.3 Å². The van der Waals surface area contributed by atoms with Gasteiger partial charge in [-0.3, -0.25) is 19.3 Å². The van der Waals surface area contributed by atoms with E-state index in [9.17, 15) is 19.2 Å². The third kappa shape index (κ3) is 5.24. The Kier molecular flexibility index (Phi) is 7.08. The normalized spacial score (nSPS) is 17.7. The minimum atomic E-state index is -0.604. The molecule has 13 heteroatoms. The molecule has 2 fully saturated rings. The minimum Gasteiger partial charge on any atom is -0.442 e. The Morgan fingerprint density at radius 2 is 1.89 bits per heavy atom. The molecule has 1 aromatic carbocycles. The van der Waals surface area contributed by atoms with Crippen LogP contribution in [0.25, 0.3) is 0 Å². The third-order valence-corrected chi connectivity index (χ3v) is 5.95. The molecular weight excluding hydrogens is 475 g/mol. The lowest BCUT2D eigenvalue weighted by molar-refractivity contribution is -0.119. The number of piperazine rings is 1. The lowest BCUT2D eigenvalue weighted by atomic mass is 10.2. The third-order valence-electron chi connectivity index (χ3n) is 5.95. The van der Waals surface area contributed by atoms with Gasteiger partial charge in [0.25, 0.3) is 11.8 Å². The molecule has 2 saturated heterocycles. The predicted octanol–water partition coefficient (Wildman–Crippen LogP) is 0.939. The number of ether oxygens (including phenoxy) is 1. The van der Waals surface area contributed by atoms with Gasteiger partial charge in [-0.25, -0.2) is 9.18 Å². The van der Waals surface area contributed by atoms with Gasteiger partial charge in [0, 0.05) is 53.3 Å². The van der Waals surface area contributed by atoms with Crippen LogP contribution in [0.15, 0.2) is 28.8 Å². The van der Waals surface area contributed by atoms with Gasteiger partial charge >= 0.3 is 6.09 Å². The second kappa shape index (κ2) is 10.2. The topological polar surface area (TPSA) is 129 Å². The summed E-state index contributed by atoms with van der Waals surface area (Å²) >= 11 is 0. The highest BCUT2D eigenvalue weighted by Crippen LogP contribution is 2.28. The molecule has 4 rings (SSSR count). The number of nitrogens with zero attached hydrogens (tertiary/aromatic N) is 5. The van der Waals surface area contributed by atoms with Crippen LogP contribution in [0.4, 0.5) is 20.6 Å². The van der Waals surface area contributed by atoms with Crippen LogP contribution in [0.2, 0.25) is 0 Å². The van der Waals surface area contributed by atoms with Gasteiger partial charge in [0.15, 0.2) is 5.69 Å². The van der Waals surface area contributed by atoms with Gasteiger partial charge in [0.2, 0.25) is 11.7 Å². The number of hydrogen-bond donors (Lipinski definition) is 1. The fourth-order valence-electron chi connectivity index (χ4n) is 4.03. The zero-order chi connectivity index (χ0) is 26.0. The highest BCUT2D eigenvalue weighted by atomic mass is 19.1. The number of carbonyl (C=O) groups is 4. The monoisotopic (exact) mass is 502 g/mol. The molecule has 0 unspecified atom stereocenters. The molecule has 1 aromatic heterocycles. The molecular formula is C23H27FN6O6. The summed E-state index contributed by atoms with van der Waals surface area (Å²) in [5, 5.41) is 6.27. The predicted molar refractivity (Wildman–Crippen MR) is 125 cm³/mol. The van der Waals surface area contributed by atoms with Gasteiger partial charge in [-0.2, -0.15) is 0 Å². The molecule has 2 aliphatic rings. The number of nitrogens with one attached hydrogen (secondary N) is 1. The van der Waals surface area contributed by atoms with Crippen LogP contribution < -0.4 is 15.1 Å². The molecule has 1 N–H and O–H groups in total. The van der Waals surface area contributed by atoms with E-state index in [1.54, 1.807) is 31.1 Å². The minimum absolute atomic E-state index is 0.0292. The van der Waals surface area contributed by atoms with Crippen LogP contribution in [0.3, 0.4) is 0 Å². The molecule has 3 heterocycles. The summed E-state index contributed by atoms with van der Waals surface area (Å²) in [4.78, 5) is 54.0. The van der Waals surface area contributed by atoms with Gasteiger partial charge in [-0.05, 0) is 18.2 Å². The van der Waals surface area contributed by atoms with E-state index in [0.717, 1.165) is 0 Å². The van der Waals surface area contributed by atoms with Crippen molar-refractivity contribution in [2.45, 2.75) is 13.0 Å². The van der Waals surface area contributed by atoms with E-state index in [0.29, 0.717) is 37.6 Å². The van der Waals surface area contributed by atoms with Crippen molar-refractivity contribution >= 4 is 35.2 Å². The standard InChI is InChI=1S/C23H27FN6O6/c1-14(31)25-12-16-13-30(23(34)35-16)15-4-5-19(17(24)10-15)28-6-8-29(9-7-28)22(33)20-11-18(26-36-20)21(32)27(2)3/h4-5,10-11,16H,6-9,12-13H2,1-3H3,(H,25,31)/t16-/m0/s1. The first-order chi connectivity index (χ1) is 17.1. The molecule has 0 bridgehead atoms. The highest BCUT2D eigenvalue weighted by Gasteiger charge is 2.33. The maximum absolute atomic E-state index is 15.0. The van der Waals surface area contributed by atoms with E-state index in [1.807, 2.05) is 4.90 Å². The zero-order valence-electron chi connectivity index (χ0n) is 20.2. The molecule has 0 saturated carbocycles. The fraction of sp³-hybridized carbons (Fsp3) is 0.435. The van der Waals surface area contributed by atoms with Gasteiger partial charge < -0.3 is 29.3 Å². The number of aromatic nitrogens is 1. The Morgan fingerprint density at radius 3 is 2.53 bits per heavy atom. The number of cyclic esters (lactones) is 1. The van der Waals surface area contributed by atoms with Crippen molar-refractivity contribution in [3.8, 4) is 0 Å². The summed E-state index contributed by atoms with van der Waals surface area (Å²) in [6, 6.07) is 5.81. The number of benzene rings is 1. The van der Waals surface area contributed by atoms with E-state index in [2.05, 4.69) is 10.5 Å². The number of rotatable bonds is 6. The highest BCUT2D eigenvalue weighted by molar-refractivity contribution is 5.97. The quantitative estimate of drug-likeness (QED) is 0.618. The maximum Gasteiger partial charge on any atom is 0.414 e. The maximum atomic E-state index is 15.0. The Balaban J connectivity index is 1.35. The molecule has 0 aliphatic carbocycles. The number of amides is 4. The number of anilines is 2. The molecule has 2 aromatic rings. The van der Waals surface area contributed by atoms with Crippen LogP contribution in [0.5, 0.6) is 0 Å². The summed E-state index contributed by atoms with van der Waals surface area (Å²) in [5.74, 6) is -1.53. The van der Waals surface area contributed by atoms with Gasteiger partial charge in [-0.1, -0.05) is 5.16 Å². The van der Waals surface area contributed by atoms with Crippen LogP contribution in [-0.2, 0) is 9.53 Å². The average Bonchev–Trinajstić information content (AvgIpc) is 3.49. The molecule has 4 amide bonds. The fourth-order valence-corrected chi connectivity index (χ4v) is 4.03. The van der Waals surface area contributed by atoms with Crippen LogP contribution in [-0.4, -0.2) is 98.2 Å². The Labute approximate surface area is 206 Å². The first-order valence-electron chi connectivity index (χ1n) is 11.4. The first-order valence-corrected chi connectivity index (χ1v) is 11.4. The van der Waals surface area contributed by atoms with Crippen LogP contribution >= 0.6 is 0 Å². The SMILES string of the molecule is CC(=O)NC[C@H]1CN(c2ccc(N3CCN(C(=O)c4cc(C(=O)N(C)C)no4)CC3)c(F)c2)C(=O)O1. The lowest BCUT2D eigenvalue weighted by Gasteiger charge is -2.35. The number of hydrogen-bond acceptors (Lipinski definition) is 8. The summed E-state index contributed by atoms with van der Waals surface area (Å²) in [6.07, 6.45) is -1.12. The molecule has 192 valence electrons. The van der Waals surface area contributed by atoms with E-state index in [4.69, 9.17) is 9.26 Å². The summed E-state index contributed by atoms with van der Waals surface area (Å²) < 4.78 is 25.3. The van der Waals surface area contributed by atoms with Crippen molar-refractivity contribution in [3.63, 3.8) is 0 Å². The molecule has 0 spiro atoms. The van der Waals surface area contributed by atoms with Crippen molar-refractivity contribution in [2.24, 2.45) is 0 Å². The van der Waals surface area contributed by atoms with Gasteiger partial charge in [0.05, 0.1) is 24.5 Å². The van der Waals surface area contributed by atoms with E-state index in [1.165, 1.54) is 28.9 Å². The molecule has 12 nitrogen and oxygen atoms in total.